The van der Waals surface area contributed by atoms with Gasteiger partial charge >= 0.3 is 0 Å². The number of thiophene rings is 1. The second-order valence-corrected chi connectivity index (χ2v) is 9.78. The molecule has 0 radical (unpaired) electrons. The third-order valence-electron chi connectivity index (χ3n) is 5.29. The number of hydrogen-bond donors (Lipinski definition) is 1. The molecule has 164 valence electrons. The zero-order valence-electron chi connectivity index (χ0n) is 17.4. The van der Waals surface area contributed by atoms with Crippen molar-refractivity contribution < 1.29 is 17.9 Å². The second-order valence-electron chi connectivity index (χ2n) is 7.03. The van der Waals surface area contributed by atoms with Gasteiger partial charge in [0.1, 0.15) is 0 Å². The molecule has 2 heterocycles. The largest absolute Gasteiger partial charge is 0.379 e. The first-order valence-electron chi connectivity index (χ1n) is 10.2. The Labute approximate surface area is 182 Å². The topological polar surface area (TPSA) is 79.0 Å². The Morgan fingerprint density at radius 3 is 2.40 bits per heavy atom. The summed E-state index contributed by atoms with van der Waals surface area (Å²) in [6.45, 7) is 8.19. The molecule has 3 rings (SSSR count). The molecular formula is C21H29N3O4S2. The van der Waals surface area contributed by atoms with Gasteiger partial charge < -0.3 is 9.64 Å². The van der Waals surface area contributed by atoms with Crippen molar-refractivity contribution in [2.24, 2.45) is 0 Å². The molecule has 0 saturated carbocycles. The summed E-state index contributed by atoms with van der Waals surface area (Å²) >= 11 is 1.62. The standard InChI is InChI=1S/C21H29N3O4S2/c1-3-23(4-2)21(25)17-7-9-18(10-8-17)30(26,27)22-16-19(20-6-5-15-29-20)24-11-13-28-14-12-24/h5-10,15,19,22H,3-4,11-14,16H2,1-2H3. The molecular weight excluding hydrogens is 422 g/mol. The normalized spacial score (nSPS) is 16.3. The fraction of sp³-hybridized carbons (Fsp3) is 0.476. The first-order chi connectivity index (χ1) is 14.5. The van der Waals surface area contributed by atoms with Crippen molar-refractivity contribution >= 4 is 27.3 Å². The van der Waals surface area contributed by atoms with E-state index in [1.165, 1.54) is 12.1 Å². The van der Waals surface area contributed by atoms with Crippen LogP contribution in [0.1, 0.15) is 35.1 Å². The third kappa shape index (κ3) is 5.47. The summed E-state index contributed by atoms with van der Waals surface area (Å²) in [4.78, 5) is 17.7. The highest BCUT2D eigenvalue weighted by molar-refractivity contribution is 7.89. The Kier molecular flexibility index (Phi) is 8.01. The molecule has 0 spiro atoms. The number of benzene rings is 1. The number of morpholine rings is 1. The van der Waals surface area contributed by atoms with Crippen LogP contribution < -0.4 is 4.72 Å². The molecule has 1 aliphatic heterocycles. The minimum atomic E-state index is -3.69. The van der Waals surface area contributed by atoms with E-state index >= 15 is 0 Å². The van der Waals surface area contributed by atoms with E-state index in [1.807, 2.05) is 31.4 Å². The molecule has 1 unspecified atom stereocenters. The van der Waals surface area contributed by atoms with E-state index in [4.69, 9.17) is 4.74 Å². The van der Waals surface area contributed by atoms with Gasteiger partial charge in [-0.1, -0.05) is 6.07 Å². The summed E-state index contributed by atoms with van der Waals surface area (Å²) in [5.74, 6) is -0.0954. The van der Waals surface area contributed by atoms with Gasteiger partial charge in [-0.25, -0.2) is 13.1 Å². The molecule has 0 bridgehead atoms. The monoisotopic (exact) mass is 451 g/mol. The summed E-state index contributed by atoms with van der Waals surface area (Å²) in [5, 5.41) is 2.00. The van der Waals surface area contributed by atoms with E-state index in [0.29, 0.717) is 31.9 Å². The zero-order chi connectivity index (χ0) is 21.6. The number of carbonyl (C=O) groups excluding carboxylic acids is 1. The SMILES string of the molecule is CCN(CC)C(=O)c1ccc(S(=O)(=O)NCC(c2cccs2)N2CCOCC2)cc1. The Hall–Kier alpha value is -1.78. The van der Waals surface area contributed by atoms with Crippen molar-refractivity contribution in [3.05, 3.63) is 52.2 Å². The Morgan fingerprint density at radius 2 is 1.83 bits per heavy atom. The van der Waals surface area contributed by atoms with Gasteiger partial charge in [-0.05, 0) is 49.6 Å². The first kappa shape index (κ1) is 22.9. The summed E-state index contributed by atoms with van der Waals surface area (Å²) < 4.78 is 33.9. The number of hydrogen-bond acceptors (Lipinski definition) is 6. The van der Waals surface area contributed by atoms with Gasteiger partial charge in [0, 0.05) is 43.2 Å². The molecule has 1 N–H and O–H groups in total. The Balaban J connectivity index is 1.71. The van der Waals surface area contributed by atoms with Crippen LogP contribution in [0.5, 0.6) is 0 Å². The highest BCUT2D eigenvalue weighted by atomic mass is 32.2. The van der Waals surface area contributed by atoms with E-state index in [1.54, 1.807) is 28.4 Å². The van der Waals surface area contributed by atoms with E-state index in [2.05, 4.69) is 9.62 Å². The van der Waals surface area contributed by atoms with Gasteiger partial charge in [0.2, 0.25) is 10.0 Å². The molecule has 9 heteroatoms. The lowest BCUT2D eigenvalue weighted by atomic mass is 10.2. The summed E-state index contributed by atoms with van der Waals surface area (Å²) in [6, 6.07) is 10.1. The van der Waals surface area contributed by atoms with Crippen molar-refractivity contribution in [2.45, 2.75) is 24.8 Å². The van der Waals surface area contributed by atoms with Gasteiger partial charge in [0.05, 0.1) is 24.2 Å². The minimum Gasteiger partial charge on any atom is -0.379 e. The van der Waals surface area contributed by atoms with Crippen molar-refractivity contribution in [2.75, 3.05) is 45.9 Å². The lowest BCUT2D eigenvalue weighted by molar-refractivity contribution is 0.0179. The number of nitrogens with one attached hydrogen (secondary N) is 1. The fourth-order valence-corrected chi connectivity index (χ4v) is 5.42. The van der Waals surface area contributed by atoms with Gasteiger partial charge in [-0.2, -0.15) is 0 Å². The maximum Gasteiger partial charge on any atom is 0.253 e. The van der Waals surface area contributed by atoms with Gasteiger partial charge in [-0.15, -0.1) is 11.3 Å². The van der Waals surface area contributed by atoms with Crippen LogP contribution in [0.4, 0.5) is 0 Å². The molecule has 1 atom stereocenters. The predicted molar refractivity (Wildman–Crippen MR) is 118 cm³/mol. The average molecular weight is 452 g/mol. The van der Waals surface area contributed by atoms with Crippen LogP contribution in [0, 0.1) is 0 Å². The van der Waals surface area contributed by atoms with Gasteiger partial charge in [0.15, 0.2) is 0 Å². The minimum absolute atomic E-state index is 0.0350. The summed E-state index contributed by atoms with van der Waals surface area (Å²) in [7, 11) is -3.69. The lowest BCUT2D eigenvalue weighted by Crippen LogP contribution is -2.43. The molecule has 1 aromatic carbocycles. The molecule has 0 aliphatic carbocycles. The van der Waals surface area contributed by atoms with Gasteiger partial charge in [0.25, 0.3) is 5.91 Å². The molecule has 1 saturated heterocycles. The third-order valence-corrected chi connectivity index (χ3v) is 7.70. The Morgan fingerprint density at radius 1 is 1.17 bits per heavy atom. The predicted octanol–water partition coefficient (Wildman–Crippen LogP) is 2.58. The number of sulfonamides is 1. The first-order valence-corrected chi connectivity index (χ1v) is 12.6. The van der Waals surface area contributed by atoms with Crippen molar-refractivity contribution in [3.8, 4) is 0 Å². The van der Waals surface area contributed by atoms with Crippen LogP contribution in [-0.2, 0) is 14.8 Å². The molecule has 1 aromatic heterocycles. The second kappa shape index (κ2) is 10.5. The number of ether oxygens (including phenoxy) is 1. The summed E-state index contributed by atoms with van der Waals surface area (Å²) in [6.07, 6.45) is 0. The highest BCUT2D eigenvalue weighted by Gasteiger charge is 2.26. The highest BCUT2D eigenvalue weighted by Crippen LogP contribution is 2.26. The van der Waals surface area contributed by atoms with Crippen LogP contribution in [0.3, 0.4) is 0 Å². The quantitative estimate of drug-likeness (QED) is 0.634. The van der Waals surface area contributed by atoms with Crippen LogP contribution in [0.15, 0.2) is 46.7 Å². The van der Waals surface area contributed by atoms with E-state index in [0.717, 1.165) is 18.0 Å². The van der Waals surface area contributed by atoms with Crippen molar-refractivity contribution in [1.29, 1.82) is 0 Å². The Bertz CT molecular complexity index is 904. The maximum atomic E-state index is 12.9. The number of nitrogens with zero attached hydrogens (tertiary/aromatic N) is 2. The molecule has 1 fully saturated rings. The van der Waals surface area contributed by atoms with E-state index in [-0.39, 0.29) is 23.4 Å². The van der Waals surface area contributed by atoms with Crippen LogP contribution >= 0.6 is 11.3 Å². The van der Waals surface area contributed by atoms with E-state index < -0.39 is 10.0 Å². The van der Waals surface area contributed by atoms with Crippen molar-refractivity contribution in [1.82, 2.24) is 14.5 Å². The number of rotatable bonds is 9. The number of amides is 1. The molecule has 1 aliphatic rings. The lowest BCUT2D eigenvalue weighted by Gasteiger charge is -2.34. The molecule has 7 nitrogen and oxygen atoms in total. The van der Waals surface area contributed by atoms with Gasteiger partial charge in [-0.3, -0.25) is 9.69 Å². The molecule has 2 aromatic rings. The zero-order valence-corrected chi connectivity index (χ0v) is 19.0. The average Bonchev–Trinajstić information content (AvgIpc) is 3.30. The molecule has 30 heavy (non-hydrogen) atoms. The van der Waals surface area contributed by atoms with Crippen LogP contribution in [0.2, 0.25) is 0 Å². The summed E-state index contributed by atoms with van der Waals surface area (Å²) in [5.41, 5.74) is 0.488. The van der Waals surface area contributed by atoms with Crippen LogP contribution in [-0.4, -0.2) is 70.1 Å². The maximum absolute atomic E-state index is 12.9. The molecule has 1 amide bonds. The number of carbonyl (C=O) groups is 1. The van der Waals surface area contributed by atoms with E-state index in [9.17, 15) is 13.2 Å². The fourth-order valence-electron chi connectivity index (χ4n) is 3.52. The smallest absolute Gasteiger partial charge is 0.253 e. The van der Waals surface area contributed by atoms with Crippen molar-refractivity contribution in [3.63, 3.8) is 0 Å². The van der Waals surface area contributed by atoms with Crippen LogP contribution in [0.25, 0.3) is 0 Å².